The standard InChI is InChI=1S/C13H16F3NO/c1-12(2)10(11(12)17)7-4-5-9(18-3)8(6-7)13(14,15)16/h4-6,10-11H,17H2,1-3H3/t10-,11-/m1/s1. The van der Waals surface area contributed by atoms with Crippen LogP contribution in [0.4, 0.5) is 13.2 Å². The van der Waals surface area contributed by atoms with Crippen LogP contribution >= 0.6 is 0 Å². The van der Waals surface area contributed by atoms with Crippen LogP contribution in [0, 0.1) is 5.41 Å². The number of benzene rings is 1. The highest BCUT2D eigenvalue weighted by Gasteiger charge is 2.56. The molecule has 18 heavy (non-hydrogen) atoms. The van der Waals surface area contributed by atoms with Crippen molar-refractivity contribution in [2.45, 2.75) is 32.0 Å². The summed E-state index contributed by atoms with van der Waals surface area (Å²) in [7, 11) is 1.23. The first kappa shape index (κ1) is 13.2. The van der Waals surface area contributed by atoms with Gasteiger partial charge in [-0.3, -0.25) is 0 Å². The summed E-state index contributed by atoms with van der Waals surface area (Å²) in [6.07, 6.45) is -4.41. The largest absolute Gasteiger partial charge is 0.496 e. The SMILES string of the molecule is COc1ccc([C@@H]2[C@@H](N)C2(C)C)cc1C(F)(F)F. The Morgan fingerprint density at radius 3 is 2.22 bits per heavy atom. The summed E-state index contributed by atoms with van der Waals surface area (Å²) in [5, 5.41) is 0. The topological polar surface area (TPSA) is 35.2 Å². The van der Waals surface area contributed by atoms with E-state index in [-0.39, 0.29) is 23.1 Å². The van der Waals surface area contributed by atoms with E-state index in [2.05, 4.69) is 0 Å². The molecule has 2 N–H and O–H groups in total. The van der Waals surface area contributed by atoms with Crippen LogP contribution in [-0.2, 0) is 6.18 Å². The van der Waals surface area contributed by atoms with Crippen molar-refractivity contribution in [3.8, 4) is 5.75 Å². The van der Waals surface area contributed by atoms with Gasteiger partial charge in [-0.05, 0) is 23.1 Å². The fourth-order valence-corrected chi connectivity index (χ4v) is 2.46. The van der Waals surface area contributed by atoms with Crippen molar-refractivity contribution in [1.82, 2.24) is 0 Å². The van der Waals surface area contributed by atoms with E-state index >= 15 is 0 Å². The van der Waals surface area contributed by atoms with Crippen LogP contribution in [0.15, 0.2) is 18.2 Å². The van der Waals surface area contributed by atoms with Crippen molar-refractivity contribution in [1.29, 1.82) is 0 Å². The lowest BCUT2D eigenvalue weighted by Crippen LogP contribution is -2.09. The Hall–Kier alpha value is -1.23. The molecule has 0 aromatic heterocycles. The van der Waals surface area contributed by atoms with E-state index < -0.39 is 11.7 Å². The minimum absolute atomic E-state index is 0.0236. The summed E-state index contributed by atoms with van der Waals surface area (Å²) in [4.78, 5) is 0. The van der Waals surface area contributed by atoms with Crippen LogP contribution in [0.2, 0.25) is 0 Å². The van der Waals surface area contributed by atoms with Gasteiger partial charge in [-0.15, -0.1) is 0 Å². The smallest absolute Gasteiger partial charge is 0.419 e. The highest BCUT2D eigenvalue weighted by atomic mass is 19.4. The minimum Gasteiger partial charge on any atom is -0.496 e. The maximum atomic E-state index is 12.9. The molecule has 0 spiro atoms. The molecule has 0 unspecified atom stereocenters. The summed E-state index contributed by atoms with van der Waals surface area (Å²) in [6, 6.07) is 4.08. The second-order valence-electron chi connectivity index (χ2n) is 5.28. The van der Waals surface area contributed by atoms with E-state index in [4.69, 9.17) is 10.5 Å². The Morgan fingerprint density at radius 1 is 1.28 bits per heavy atom. The quantitative estimate of drug-likeness (QED) is 0.885. The Bertz CT molecular complexity index is 468. The molecule has 0 saturated heterocycles. The Balaban J connectivity index is 2.42. The lowest BCUT2D eigenvalue weighted by molar-refractivity contribution is -0.138. The maximum Gasteiger partial charge on any atom is 0.419 e. The van der Waals surface area contributed by atoms with Crippen molar-refractivity contribution < 1.29 is 17.9 Å². The van der Waals surface area contributed by atoms with Crippen molar-refractivity contribution in [2.24, 2.45) is 11.1 Å². The fourth-order valence-electron chi connectivity index (χ4n) is 2.46. The summed E-state index contributed by atoms with van der Waals surface area (Å²) in [5.41, 5.74) is 5.64. The predicted octanol–water partition coefficient (Wildman–Crippen LogP) is 3.16. The first-order valence-electron chi connectivity index (χ1n) is 5.70. The number of hydrogen-bond acceptors (Lipinski definition) is 2. The number of nitrogens with two attached hydrogens (primary N) is 1. The molecule has 2 nitrogen and oxygen atoms in total. The summed E-state index contributed by atoms with van der Waals surface area (Å²) in [5.74, 6) is -0.178. The molecule has 2 rings (SSSR count). The van der Waals surface area contributed by atoms with Crippen LogP contribution < -0.4 is 10.5 Å². The molecule has 100 valence electrons. The molecule has 1 saturated carbocycles. The number of ether oxygens (including phenoxy) is 1. The van der Waals surface area contributed by atoms with E-state index in [1.807, 2.05) is 13.8 Å². The third-order valence-electron chi connectivity index (χ3n) is 3.80. The molecule has 0 heterocycles. The molecule has 1 aliphatic carbocycles. The van der Waals surface area contributed by atoms with Crippen LogP contribution in [-0.4, -0.2) is 13.2 Å². The van der Waals surface area contributed by atoms with Gasteiger partial charge >= 0.3 is 6.18 Å². The maximum absolute atomic E-state index is 12.9. The summed E-state index contributed by atoms with van der Waals surface area (Å²) >= 11 is 0. The van der Waals surface area contributed by atoms with Crippen molar-refractivity contribution >= 4 is 0 Å². The van der Waals surface area contributed by atoms with Crippen molar-refractivity contribution in [3.05, 3.63) is 29.3 Å². The zero-order valence-corrected chi connectivity index (χ0v) is 10.5. The highest BCUT2D eigenvalue weighted by molar-refractivity contribution is 5.44. The molecule has 5 heteroatoms. The zero-order valence-electron chi connectivity index (χ0n) is 10.5. The van der Waals surface area contributed by atoms with E-state index in [0.717, 1.165) is 6.07 Å². The van der Waals surface area contributed by atoms with Gasteiger partial charge < -0.3 is 10.5 Å². The lowest BCUT2D eigenvalue weighted by Gasteiger charge is -2.14. The fraction of sp³-hybridized carbons (Fsp3) is 0.538. The van der Waals surface area contributed by atoms with E-state index in [0.29, 0.717) is 5.56 Å². The van der Waals surface area contributed by atoms with Crippen molar-refractivity contribution in [2.75, 3.05) is 7.11 Å². The molecular weight excluding hydrogens is 243 g/mol. The van der Waals surface area contributed by atoms with Crippen molar-refractivity contribution in [3.63, 3.8) is 0 Å². The Morgan fingerprint density at radius 2 is 1.83 bits per heavy atom. The summed E-state index contributed by atoms with van der Waals surface area (Å²) in [6.45, 7) is 3.92. The van der Waals surface area contributed by atoms with Gasteiger partial charge in [0.15, 0.2) is 0 Å². The molecule has 1 aromatic rings. The van der Waals surface area contributed by atoms with E-state index in [1.165, 1.54) is 13.2 Å². The molecule has 2 atom stereocenters. The van der Waals surface area contributed by atoms with Crippen LogP contribution in [0.5, 0.6) is 5.75 Å². The average Bonchev–Trinajstić information content (AvgIpc) is 2.76. The van der Waals surface area contributed by atoms with Gasteiger partial charge in [0.2, 0.25) is 0 Å². The van der Waals surface area contributed by atoms with Gasteiger partial charge in [0.05, 0.1) is 12.7 Å². The van der Waals surface area contributed by atoms with Gasteiger partial charge in [-0.2, -0.15) is 13.2 Å². The molecule has 0 aliphatic heterocycles. The van der Waals surface area contributed by atoms with Gasteiger partial charge in [0.1, 0.15) is 5.75 Å². The molecule has 1 aliphatic rings. The molecule has 1 aromatic carbocycles. The number of hydrogen-bond donors (Lipinski definition) is 1. The van der Waals surface area contributed by atoms with Crippen LogP contribution in [0.1, 0.15) is 30.9 Å². The normalized spacial score (nSPS) is 25.9. The number of halogens is 3. The first-order chi connectivity index (χ1) is 8.19. The molecular formula is C13H16F3NO. The Kier molecular flexibility index (Phi) is 2.85. The molecule has 0 amide bonds. The summed E-state index contributed by atoms with van der Waals surface area (Å²) < 4.78 is 43.4. The monoisotopic (exact) mass is 259 g/mol. The molecule has 1 fully saturated rings. The molecule has 0 radical (unpaired) electrons. The van der Waals surface area contributed by atoms with E-state index in [9.17, 15) is 13.2 Å². The number of methoxy groups -OCH3 is 1. The number of rotatable bonds is 2. The second kappa shape index (κ2) is 3.88. The minimum atomic E-state index is -4.41. The second-order valence-corrected chi connectivity index (χ2v) is 5.28. The first-order valence-corrected chi connectivity index (χ1v) is 5.70. The zero-order chi connectivity index (χ0) is 13.7. The van der Waals surface area contributed by atoms with Gasteiger partial charge in [-0.1, -0.05) is 19.9 Å². The van der Waals surface area contributed by atoms with Gasteiger partial charge in [-0.25, -0.2) is 0 Å². The van der Waals surface area contributed by atoms with Gasteiger partial charge in [0, 0.05) is 12.0 Å². The number of alkyl halides is 3. The third-order valence-corrected chi connectivity index (χ3v) is 3.80. The Labute approximate surface area is 104 Å². The van der Waals surface area contributed by atoms with E-state index in [1.54, 1.807) is 6.07 Å². The van der Waals surface area contributed by atoms with Crippen LogP contribution in [0.3, 0.4) is 0 Å². The van der Waals surface area contributed by atoms with Gasteiger partial charge in [0.25, 0.3) is 0 Å². The predicted molar refractivity (Wildman–Crippen MR) is 62.5 cm³/mol. The average molecular weight is 259 g/mol. The van der Waals surface area contributed by atoms with Crippen LogP contribution in [0.25, 0.3) is 0 Å². The molecule has 0 bridgehead atoms. The lowest BCUT2D eigenvalue weighted by atomic mass is 10.0. The highest BCUT2D eigenvalue weighted by Crippen LogP contribution is 2.58. The third kappa shape index (κ3) is 1.96.